The maximum absolute atomic E-state index is 11.6. The largest absolute Gasteiger partial charge is 0.369 e. The van der Waals surface area contributed by atoms with Gasteiger partial charge in [0, 0.05) is 20.2 Å². The quantitative estimate of drug-likeness (QED) is 0.712. The van der Waals surface area contributed by atoms with Crippen molar-refractivity contribution in [3.8, 4) is 0 Å². The van der Waals surface area contributed by atoms with Crippen molar-refractivity contribution >= 4 is 16.1 Å². The van der Waals surface area contributed by atoms with Crippen LogP contribution in [0.4, 0.5) is 0 Å². The zero-order valence-electron chi connectivity index (χ0n) is 11.8. The monoisotopic (exact) mass is 280 g/mol. The van der Waals surface area contributed by atoms with Gasteiger partial charge in [0.05, 0.1) is 0 Å². The molecule has 7 heteroatoms. The van der Waals surface area contributed by atoms with E-state index in [-0.39, 0.29) is 0 Å². The molecule has 1 amide bonds. The summed E-state index contributed by atoms with van der Waals surface area (Å²) >= 11 is 0. The van der Waals surface area contributed by atoms with E-state index in [1.54, 1.807) is 6.92 Å². The van der Waals surface area contributed by atoms with Crippen molar-refractivity contribution in [2.45, 2.75) is 40.2 Å². The lowest BCUT2D eigenvalue weighted by molar-refractivity contribution is -0.130. The Bertz CT molecular complexity index is 354. The van der Waals surface area contributed by atoms with E-state index in [2.05, 4.69) is 13.8 Å². The van der Waals surface area contributed by atoms with Gasteiger partial charge in [-0.3, -0.25) is 4.79 Å². The average Bonchev–Trinajstić information content (AvgIpc) is 2.26. The molecule has 0 aliphatic heterocycles. The van der Waals surface area contributed by atoms with E-state index in [0.29, 0.717) is 19.1 Å². The van der Waals surface area contributed by atoms with Gasteiger partial charge in [0.1, 0.15) is 6.10 Å². The third-order valence-electron chi connectivity index (χ3n) is 2.52. The van der Waals surface area contributed by atoms with E-state index < -0.39 is 22.2 Å². The molecule has 0 aliphatic rings. The first kappa shape index (κ1) is 17.3. The predicted molar refractivity (Wildman–Crippen MR) is 70.2 cm³/mol. The molecule has 0 unspecified atom stereocenters. The standard InChI is InChI=1S/C11H24N2O4S/c1-6-13(5)18(15,16)12-11(14)10(4)17-8-7-9(2)3/h9-10H,6-8H2,1-5H3,(H,12,14)/t10-/m1/s1. The summed E-state index contributed by atoms with van der Waals surface area (Å²) in [5.41, 5.74) is 0. The number of ether oxygens (including phenoxy) is 1. The fourth-order valence-corrected chi connectivity index (χ4v) is 1.93. The highest BCUT2D eigenvalue weighted by molar-refractivity contribution is 7.87. The first-order chi connectivity index (χ1) is 8.20. The summed E-state index contributed by atoms with van der Waals surface area (Å²) < 4.78 is 31.5. The van der Waals surface area contributed by atoms with E-state index in [1.807, 2.05) is 4.72 Å². The molecule has 108 valence electrons. The maximum Gasteiger partial charge on any atom is 0.303 e. The number of amides is 1. The van der Waals surface area contributed by atoms with Crippen LogP contribution in [0.2, 0.25) is 0 Å². The van der Waals surface area contributed by atoms with Gasteiger partial charge in [0.2, 0.25) is 0 Å². The molecule has 0 aromatic carbocycles. The average molecular weight is 280 g/mol. The fraction of sp³-hybridized carbons (Fsp3) is 0.909. The summed E-state index contributed by atoms with van der Waals surface area (Å²) in [6.45, 7) is 8.06. The highest BCUT2D eigenvalue weighted by Crippen LogP contribution is 2.02. The minimum absolute atomic E-state index is 0.297. The number of nitrogens with zero attached hydrogens (tertiary/aromatic N) is 1. The second-order valence-electron chi connectivity index (χ2n) is 4.58. The minimum atomic E-state index is -3.74. The van der Waals surface area contributed by atoms with Crippen molar-refractivity contribution in [2.24, 2.45) is 5.92 Å². The molecule has 0 bridgehead atoms. The van der Waals surface area contributed by atoms with Crippen molar-refractivity contribution in [3.63, 3.8) is 0 Å². The van der Waals surface area contributed by atoms with Crippen LogP contribution in [0.5, 0.6) is 0 Å². The van der Waals surface area contributed by atoms with E-state index >= 15 is 0 Å². The van der Waals surface area contributed by atoms with Crippen LogP contribution < -0.4 is 4.72 Å². The Kier molecular flexibility index (Phi) is 7.42. The Morgan fingerprint density at radius 2 is 1.89 bits per heavy atom. The summed E-state index contributed by atoms with van der Waals surface area (Å²) in [4.78, 5) is 11.6. The summed E-state index contributed by atoms with van der Waals surface area (Å²) in [5.74, 6) is -0.158. The highest BCUT2D eigenvalue weighted by atomic mass is 32.2. The molecule has 0 rings (SSSR count). The topological polar surface area (TPSA) is 75.7 Å². The fourth-order valence-electron chi connectivity index (χ4n) is 1.01. The smallest absolute Gasteiger partial charge is 0.303 e. The molecular formula is C11H24N2O4S. The molecule has 18 heavy (non-hydrogen) atoms. The third-order valence-corrected chi connectivity index (χ3v) is 4.06. The van der Waals surface area contributed by atoms with Crippen LogP contribution in [0.25, 0.3) is 0 Å². The summed E-state index contributed by atoms with van der Waals surface area (Å²) in [6, 6.07) is 0. The summed E-state index contributed by atoms with van der Waals surface area (Å²) in [7, 11) is -2.34. The first-order valence-electron chi connectivity index (χ1n) is 6.10. The van der Waals surface area contributed by atoms with Crippen LogP contribution in [0.1, 0.15) is 34.1 Å². The van der Waals surface area contributed by atoms with Gasteiger partial charge in [-0.05, 0) is 19.3 Å². The van der Waals surface area contributed by atoms with Crippen molar-refractivity contribution < 1.29 is 17.9 Å². The molecule has 0 saturated carbocycles. The number of carbonyl (C=O) groups is 1. The predicted octanol–water partition coefficient (Wildman–Crippen LogP) is 0.750. The molecule has 0 aliphatic carbocycles. The molecule has 1 N–H and O–H groups in total. The zero-order valence-corrected chi connectivity index (χ0v) is 12.6. The number of hydrogen-bond acceptors (Lipinski definition) is 4. The van der Waals surface area contributed by atoms with E-state index in [4.69, 9.17) is 4.74 Å². The van der Waals surface area contributed by atoms with Gasteiger partial charge >= 0.3 is 10.2 Å². The lowest BCUT2D eigenvalue weighted by Gasteiger charge is -2.18. The lowest BCUT2D eigenvalue weighted by Crippen LogP contribution is -2.45. The van der Waals surface area contributed by atoms with Gasteiger partial charge in [0.25, 0.3) is 5.91 Å². The van der Waals surface area contributed by atoms with Gasteiger partial charge in [-0.15, -0.1) is 0 Å². The van der Waals surface area contributed by atoms with Gasteiger partial charge < -0.3 is 4.74 Å². The van der Waals surface area contributed by atoms with E-state index in [0.717, 1.165) is 10.7 Å². The van der Waals surface area contributed by atoms with Crippen molar-refractivity contribution in [1.82, 2.24) is 9.03 Å². The normalized spacial score (nSPS) is 13.9. The van der Waals surface area contributed by atoms with Crippen LogP contribution in [-0.2, 0) is 19.7 Å². The van der Waals surface area contributed by atoms with Gasteiger partial charge in [-0.1, -0.05) is 20.8 Å². The van der Waals surface area contributed by atoms with Crippen LogP contribution >= 0.6 is 0 Å². The number of rotatable bonds is 8. The SMILES string of the molecule is CCN(C)S(=O)(=O)NC(=O)[C@@H](C)OCCC(C)C. The van der Waals surface area contributed by atoms with Crippen molar-refractivity contribution in [2.75, 3.05) is 20.2 Å². The second kappa shape index (κ2) is 7.70. The lowest BCUT2D eigenvalue weighted by atomic mass is 10.1. The van der Waals surface area contributed by atoms with E-state index in [1.165, 1.54) is 14.0 Å². The van der Waals surface area contributed by atoms with E-state index in [9.17, 15) is 13.2 Å². The molecule has 1 atom stereocenters. The zero-order chi connectivity index (χ0) is 14.3. The first-order valence-corrected chi connectivity index (χ1v) is 7.54. The van der Waals surface area contributed by atoms with Gasteiger partial charge in [0.15, 0.2) is 0 Å². The number of hydrogen-bond donors (Lipinski definition) is 1. The molecule has 0 radical (unpaired) electrons. The molecule has 0 spiro atoms. The Hall–Kier alpha value is -0.660. The number of carbonyl (C=O) groups excluding carboxylic acids is 1. The van der Waals surface area contributed by atoms with Crippen LogP contribution in [0, 0.1) is 5.92 Å². The third kappa shape index (κ3) is 6.32. The molecule has 0 aromatic rings. The summed E-state index contributed by atoms with van der Waals surface area (Å²) in [6.07, 6.45) is 0.0583. The van der Waals surface area contributed by atoms with Crippen molar-refractivity contribution in [1.29, 1.82) is 0 Å². The molecular weight excluding hydrogens is 256 g/mol. The Morgan fingerprint density at radius 3 is 2.33 bits per heavy atom. The Balaban J connectivity index is 4.24. The van der Waals surface area contributed by atoms with Crippen molar-refractivity contribution in [3.05, 3.63) is 0 Å². The number of nitrogens with one attached hydrogen (secondary N) is 1. The van der Waals surface area contributed by atoms with Gasteiger partial charge in [-0.2, -0.15) is 12.7 Å². The van der Waals surface area contributed by atoms with Gasteiger partial charge in [-0.25, -0.2) is 4.72 Å². The molecule has 0 heterocycles. The highest BCUT2D eigenvalue weighted by Gasteiger charge is 2.23. The van der Waals surface area contributed by atoms with Crippen LogP contribution in [0.3, 0.4) is 0 Å². The summed E-state index contributed by atoms with van der Waals surface area (Å²) in [5, 5.41) is 0. The maximum atomic E-state index is 11.6. The molecule has 0 aromatic heterocycles. The molecule has 0 fully saturated rings. The van der Waals surface area contributed by atoms with Crippen LogP contribution in [0.15, 0.2) is 0 Å². The minimum Gasteiger partial charge on any atom is -0.369 e. The van der Waals surface area contributed by atoms with Crippen LogP contribution in [-0.4, -0.2) is 44.9 Å². The second-order valence-corrected chi connectivity index (χ2v) is 6.36. The Morgan fingerprint density at radius 1 is 1.33 bits per heavy atom. The molecule has 6 nitrogen and oxygen atoms in total. The Labute approximate surface area is 110 Å². The molecule has 0 saturated heterocycles.